The van der Waals surface area contributed by atoms with Gasteiger partial charge in [-0.2, -0.15) is 0 Å². The lowest BCUT2D eigenvalue weighted by Crippen LogP contribution is -2.50. The van der Waals surface area contributed by atoms with E-state index in [1.165, 1.54) is 12.1 Å². The summed E-state index contributed by atoms with van der Waals surface area (Å²) in [6.45, 7) is 3.17. The molecule has 1 atom stereocenters. The molecular weight excluding hydrogens is 393 g/mol. The molecule has 2 saturated heterocycles. The molecule has 2 heterocycles. The maximum atomic E-state index is 13.3. The molecule has 4 rings (SSSR count). The number of likely N-dealkylation sites (tertiary alicyclic amines) is 2. The first-order valence-electron chi connectivity index (χ1n) is 11.2. The summed E-state index contributed by atoms with van der Waals surface area (Å²) in [5.74, 6) is -0.242. The number of carbonyl (C=O) groups excluding carboxylic acids is 2. The SMILES string of the molecule is O=C(NC1CCN(Cc2ccc(F)cc2)CC1)C(c1ccccc1)N1CCCCC1=O. The Kier molecular flexibility index (Phi) is 6.97. The van der Waals surface area contributed by atoms with Crippen LogP contribution in [0.2, 0.25) is 0 Å². The minimum absolute atomic E-state index is 0.0596. The van der Waals surface area contributed by atoms with Crippen LogP contribution in [0.1, 0.15) is 49.3 Å². The van der Waals surface area contributed by atoms with Gasteiger partial charge in [-0.25, -0.2) is 4.39 Å². The first-order valence-corrected chi connectivity index (χ1v) is 11.2. The van der Waals surface area contributed by atoms with Crippen LogP contribution in [0, 0.1) is 5.82 Å². The summed E-state index contributed by atoms with van der Waals surface area (Å²) in [6, 6.07) is 15.8. The lowest BCUT2D eigenvalue weighted by molar-refractivity contribution is -0.143. The van der Waals surface area contributed by atoms with E-state index < -0.39 is 6.04 Å². The Morgan fingerprint density at radius 1 is 1.00 bits per heavy atom. The van der Waals surface area contributed by atoms with E-state index in [2.05, 4.69) is 10.2 Å². The van der Waals surface area contributed by atoms with E-state index in [0.717, 1.165) is 56.4 Å². The van der Waals surface area contributed by atoms with E-state index in [1.54, 1.807) is 4.90 Å². The molecule has 2 aliphatic heterocycles. The van der Waals surface area contributed by atoms with Crippen molar-refractivity contribution in [3.05, 3.63) is 71.5 Å². The summed E-state index contributed by atoms with van der Waals surface area (Å²) in [6.07, 6.45) is 4.07. The van der Waals surface area contributed by atoms with Crippen molar-refractivity contribution in [1.29, 1.82) is 0 Å². The summed E-state index contributed by atoms with van der Waals surface area (Å²) < 4.78 is 13.1. The Morgan fingerprint density at radius 3 is 2.39 bits per heavy atom. The Balaban J connectivity index is 1.36. The second kappa shape index (κ2) is 10.1. The Hall–Kier alpha value is -2.73. The zero-order chi connectivity index (χ0) is 21.6. The highest BCUT2D eigenvalue weighted by molar-refractivity contribution is 5.89. The summed E-state index contributed by atoms with van der Waals surface area (Å²) in [5, 5.41) is 3.22. The maximum Gasteiger partial charge on any atom is 0.247 e. The van der Waals surface area contributed by atoms with Crippen molar-refractivity contribution in [2.75, 3.05) is 19.6 Å². The average molecular weight is 424 g/mol. The van der Waals surface area contributed by atoms with Crippen LogP contribution in [0.4, 0.5) is 4.39 Å². The molecule has 2 aromatic carbocycles. The van der Waals surface area contributed by atoms with Crippen molar-refractivity contribution in [2.45, 2.75) is 50.7 Å². The topological polar surface area (TPSA) is 52.7 Å². The molecule has 2 fully saturated rings. The summed E-state index contributed by atoms with van der Waals surface area (Å²) in [5.41, 5.74) is 1.96. The van der Waals surface area contributed by atoms with Gasteiger partial charge < -0.3 is 10.2 Å². The normalized spacial score (nSPS) is 19.3. The van der Waals surface area contributed by atoms with Gasteiger partial charge in [0.15, 0.2) is 0 Å². The van der Waals surface area contributed by atoms with Crippen molar-refractivity contribution in [1.82, 2.24) is 15.1 Å². The zero-order valence-electron chi connectivity index (χ0n) is 17.8. The molecule has 0 aliphatic carbocycles. The maximum absolute atomic E-state index is 13.3. The number of carbonyl (C=O) groups is 2. The molecule has 0 saturated carbocycles. The van der Waals surface area contributed by atoms with Crippen LogP contribution in [-0.2, 0) is 16.1 Å². The molecule has 1 unspecified atom stereocenters. The minimum atomic E-state index is -0.564. The standard InChI is InChI=1S/C25H30FN3O2/c26-21-11-9-19(10-12-21)18-28-16-13-22(14-17-28)27-25(31)24(20-6-2-1-3-7-20)29-15-5-4-8-23(29)30/h1-3,6-7,9-12,22,24H,4-5,8,13-18H2,(H,27,31). The predicted octanol–water partition coefficient (Wildman–Crippen LogP) is 3.66. The highest BCUT2D eigenvalue weighted by Crippen LogP contribution is 2.26. The molecule has 1 N–H and O–H groups in total. The number of nitrogens with zero attached hydrogens (tertiary/aromatic N) is 2. The van der Waals surface area contributed by atoms with Crippen molar-refractivity contribution in [3.8, 4) is 0 Å². The van der Waals surface area contributed by atoms with Gasteiger partial charge in [-0.15, -0.1) is 0 Å². The van der Waals surface area contributed by atoms with Gasteiger partial charge in [0.05, 0.1) is 0 Å². The lowest BCUT2D eigenvalue weighted by Gasteiger charge is -2.37. The average Bonchev–Trinajstić information content (AvgIpc) is 2.79. The van der Waals surface area contributed by atoms with E-state index in [4.69, 9.17) is 0 Å². The number of piperidine rings is 2. The molecule has 0 bridgehead atoms. The molecule has 5 nitrogen and oxygen atoms in total. The molecule has 164 valence electrons. The van der Waals surface area contributed by atoms with Crippen LogP contribution in [-0.4, -0.2) is 47.3 Å². The van der Waals surface area contributed by atoms with Crippen LogP contribution in [0.3, 0.4) is 0 Å². The first kappa shape index (κ1) is 21.5. The van der Waals surface area contributed by atoms with E-state index in [9.17, 15) is 14.0 Å². The van der Waals surface area contributed by atoms with Crippen LogP contribution in [0.15, 0.2) is 54.6 Å². The first-order chi connectivity index (χ1) is 15.1. The monoisotopic (exact) mass is 423 g/mol. The second-order valence-corrected chi connectivity index (χ2v) is 8.54. The number of hydrogen-bond donors (Lipinski definition) is 1. The largest absolute Gasteiger partial charge is 0.351 e. The third kappa shape index (κ3) is 5.50. The van der Waals surface area contributed by atoms with E-state index in [1.807, 2.05) is 42.5 Å². The Labute approximate surface area is 183 Å². The van der Waals surface area contributed by atoms with Gasteiger partial charge in [-0.1, -0.05) is 42.5 Å². The van der Waals surface area contributed by atoms with Gasteiger partial charge in [-0.3, -0.25) is 14.5 Å². The van der Waals surface area contributed by atoms with Crippen molar-refractivity contribution in [3.63, 3.8) is 0 Å². The van der Waals surface area contributed by atoms with E-state index in [0.29, 0.717) is 13.0 Å². The fourth-order valence-corrected chi connectivity index (χ4v) is 4.57. The van der Waals surface area contributed by atoms with Crippen molar-refractivity contribution in [2.24, 2.45) is 0 Å². The molecule has 31 heavy (non-hydrogen) atoms. The summed E-state index contributed by atoms with van der Waals surface area (Å²) in [7, 11) is 0. The Bertz CT molecular complexity index is 879. The molecule has 2 aliphatic rings. The molecule has 2 amide bonds. The third-order valence-electron chi connectivity index (χ3n) is 6.29. The summed E-state index contributed by atoms with van der Waals surface area (Å²) in [4.78, 5) is 29.9. The highest BCUT2D eigenvalue weighted by atomic mass is 19.1. The second-order valence-electron chi connectivity index (χ2n) is 8.54. The van der Waals surface area contributed by atoms with Gasteiger partial charge in [-0.05, 0) is 48.9 Å². The third-order valence-corrected chi connectivity index (χ3v) is 6.29. The van der Waals surface area contributed by atoms with Crippen LogP contribution < -0.4 is 5.32 Å². The number of hydrogen-bond acceptors (Lipinski definition) is 3. The van der Waals surface area contributed by atoms with Crippen molar-refractivity contribution >= 4 is 11.8 Å². The minimum Gasteiger partial charge on any atom is -0.351 e. The Morgan fingerprint density at radius 2 is 1.71 bits per heavy atom. The van der Waals surface area contributed by atoms with Crippen molar-refractivity contribution < 1.29 is 14.0 Å². The van der Waals surface area contributed by atoms with Gasteiger partial charge in [0, 0.05) is 38.6 Å². The molecule has 2 aromatic rings. The van der Waals surface area contributed by atoms with Gasteiger partial charge in [0.2, 0.25) is 11.8 Å². The zero-order valence-corrected chi connectivity index (χ0v) is 17.8. The fourth-order valence-electron chi connectivity index (χ4n) is 4.57. The predicted molar refractivity (Wildman–Crippen MR) is 118 cm³/mol. The summed E-state index contributed by atoms with van der Waals surface area (Å²) >= 11 is 0. The number of rotatable bonds is 6. The molecular formula is C25H30FN3O2. The lowest BCUT2D eigenvalue weighted by atomic mass is 9.98. The molecule has 0 aromatic heterocycles. The molecule has 0 spiro atoms. The van der Waals surface area contributed by atoms with Gasteiger partial charge >= 0.3 is 0 Å². The quantitative estimate of drug-likeness (QED) is 0.772. The fraction of sp³-hybridized carbons (Fsp3) is 0.440. The van der Waals surface area contributed by atoms with Crippen LogP contribution in [0.25, 0.3) is 0 Å². The number of halogens is 1. The van der Waals surface area contributed by atoms with E-state index >= 15 is 0 Å². The number of nitrogens with one attached hydrogen (secondary N) is 1. The smallest absolute Gasteiger partial charge is 0.247 e. The molecule has 0 radical (unpaired) electrons. The van der Waals surface area contributed by atoms with Crippen LogP contribution in [0.5, 0.6) is 0 Å². The van der Waals surface area contributed by atoms with Gasteiger partial charge in [0.25, 0.3) is 0 Å². The molecule has 6 heteroatoms. The van der Waals surface area contributed by atoms with Gasteiger partial charge in [0.1, 0.15) is 11.9 Å². The number of amides is 2. The van der Waals surface area contributed by atoms with Crippen LogP contribution >= 0.6 is 0 Å². The van der Waals surface area contributed by atoms with E-state index in [-0.39, 0.29) is 23.7 Å². The highest BCUT2D eigenvalue weighted by Gasteiger charge is 2.34. The number of benzene rings is 2.